The van der Waals surface area contributed by atoms with Gasteiger partial charge in [-0.05, 0) is 26.0 Å². The van der Waals surface area contributed by atoms with Gasteiger partial charge in [0.25, 0.3) is 0 Å². The molecule has 1 radical (unpaired) electrons. The second kappa shape index (κ2) is 6.19. The zero-order valence-corrected chi connectivity index (χ0v) is 12.7. The van der Waals surface area contributed by atoms with Crippen molar-refractivity contribution in [3.8, 4) is 0 Å². The Labute approximate surface area is 122 Å². The maximum atomic E-state index is 5.36. The van der Waals surface area contributed by atoms with Gasteiger partial charge in [-0.1, -0.05) is 6.08 Å². The molecule has 4 nitrogen and oxygen atoms in total. The van der Waals surface area contributed by atoms with Crippen molar-refractivity contribution in [1.82, 2.24) is 14.7 Å². The molecule has 20 heavy (non-hydrogen) atoms. The van der Waals surface area contributed by atoms with Crippen LogP contribution in [0.5, 0.6) is 0 Å². The quantitative estimate of drug-likeness (QED) is 0.774. The third-order valence-corrected chi connectivity index (χ3v) is 4.75. The molecular formula is C16H26N3O. The van der Waals surface area contributed by atoms with Crippen LogP contribution in [0.2, 0.25) is 0 Å². The topological polar surface area (TPSA) is 19.0 Å². The van der Waals surface area contributed by atoms with Crippen molar-refractivity contribution >= 4 is 0 Å². The van der Waals surface area contributed by atoms with Crippen LogP contribution in [0.25, 0.3) is 0 Å². The fourth-order valence-electron chi connectivity index (χ4n) is 3.38. The summed E-state index contributed by atoms with van der Waals surface area (Å²) in [5.74, 6) is 1.01. The molecule has 3 aliphatic rings. The van der Waals surface area contributed by atoms with Crippen LogP contribution in [0.15, 0.2) is 23.6 Å². The van der Waals surface area contributed by atoms with Crippen LogP contribution in [-0.2, 0) is 4.74 Å². The molecule has 0 spiro atoms. The van der Waals surface area contributed by atoms with Crippen LogP contribution in [0.4, 0.5) is 0 Å². The molecule has 2 saturated heterocycles. The van der Waals surface area contributed by atoms with Crippen molar-refractivity contribution in [3.05, 3.63) is 30.0 Å². The van der Waals surface area contributed by atoms with Gasteiger partial charge in [0.1, 0.15) is 5.76 Å². The second-order valence-corrected chi connectivity index (χ2v) is 6.05. The van der Waals surface area contributed by atoms with Gasteiger partial charge in [-0.2, -0.15) is 0 Å². The zero-order chi connectivity index (χ0) is 13.9. The molecule has 2 fully saturated rings. The summed E-state index contributed by atoms with van der Waals surface area (Å²) in [7, 11) is 3.97. The van der Waals surface area contributed by atoms with E-state index >= 15 is 0 Å². The fraction of sp³-hybridized carbons (Fsp3) is 0.688. The average molecular weight is 276 g/mol. The number of hydrogen-bond acceptors (Lipinski definition) is 4. The minimum Gasteiger partial charge on any atom is -0.501 e. The van der Waals surface area contributed by atoms with Crippen LogP contribution < -0.4 is 0 Å². The predicted molar refractivity (Wildman–Crippen MR) is 81.1 cm³/mol. The van der Waals surface area contributed by atoms with E-state index in [1.807, 2.05) is 0 Å². The molecule has 1 aliphatic carbocycles. The molecule has 0 aromatic heterocycles. The molecule has 0 N–H and O–H groups in total. The van der Waals surface area contributed by atoms with Crippen LogP contribution in [0, 0.1) is 6.42 Å². The minimum absolute atomic E-state index is 0.731. The normalized spacial score (nSPS) is 29.3. The Morgan fingerprint density at radius 1 is 1.15 bits per heavy atom. The number of nitrogens with zero attached hydrogens (tertiary/aromatic N) is 3. The Kier molecular flexibility index (Phi) is 4.32. The minimum atomic E-state index is 0.731. The van der Waals surface area contributed by atoms with E-state index in [0.29, 0.717) is 0 Å². The first-order chi connectivity index (χ1) is 9.76. The van der Waals surface area contributed by atoms with Crippen molar-refractivity contribution < 1.29 is 4.74 Å². The first-order valence-electron chi connectivity index (χ1n) is 7.73. The number of likely N-dealkylation sites (tertiary alicyclic amines) is 1. The smallest absolute Gasteiger partial charge is 0.102 e. The monoisotopic (exact) mass is 276 g/mol. The van der Waals surface area contributed by atoms with Gasteiger partial charge in [-0.3, -0.25) is 4.90 Å². The lowest BCUT2D eigenvalue weighted by atomic mass is 10.1. The van der Waals surface area contributed by atoms with Crippen molar-refractivity contribution in [2.45, 2.75) is 18.9 Å². The molecule has 4 heteroatoms. The third-order valence-electron chi connectivity index (χ3n) is 4.75. The van der Waals surface area contributed by atoms with Gasteiger partial charge in [0, 0.05) is 57.4 Å². The highest BCUT2D eigenvalue weighted by molar-refractivity contribution is 5.30. The van der Waals surface area contributed by atoms with E-state index in [2.05, 4.69) is 40.3 Å². The fourth-order valence-corrected chi connectivity index (χ4v) is 3.38. The number of hydrogen-bond donors (Lipinski definition) is 0. The largest absolute Gasteiger partial charge is 0.501 e. The number of rotatable bonds is 3. The zero-order valence-electron chi connectivity index (χ0n) is 12.7. The SMILES string of the molecule is COC1=CC(N2CCC(N3CCN(C)CC3)C2)=CC[CH]1. The van der Waals surface area contributed by atoms with E-state index in [4.69, 9.17) is 4.74 Å². The van der Waals surface area contributed by atoms with Crippen LogP contribution in [0.3, 0.4) is 0 Å². The van der Waals surface area contributed by atoms with Gasteiger partial charge in [0.05, 0.1) is 7.11 Å². The summed E-state index contributed by atoms with van der Waals surface area (Å²) < 4.78 is 5.36. The molecule has 0 bridgehead atoms. The lowest BCUT2D eigenvalue weighted by molar-refractivity contribution is 0.115. The number of ether oxygens (including phenoxy) is 1. The van der Waals surface area contributed by atoms with Crippen molar-refractivity contribution in [2.75, 3.05) is 53.4 Å². The molecule has 3 rings (SSSR count). The lowest BCUT2D eigenvalue weighted by Gasteiger charge is -2.36. The first-order valence-corrected chi connectivity index (χ1v) is 7.73. The van der Waals surface area contributed by atoms with E-state index < -0.39 is 0 Å². The molecule has 2 aliphatic heterocycles. The van der Waals surface area contributed by atoms with Crippen LogP contribution >= 0.6 is 0 Å². The molecule has 0 saturated carbocycles. The average Bonchev–Trinajstić information content (AvgIpc) is 2.98. The highest BCUT2D eigenvalue weighted by atomic mass is 16.5. The third kappa shape index (κ3) is 3.01. The van der Waals surface area contributed by atoms with Crippen molar-refractivity contribution in [2.24, 2.45) is 0 Å². The highest BCUT2D eigenvalue weighted by Gasteiger charge is 2.30. The summed E-state index contributed by atoms with van der Waals surface area (Å²) in [6.07, 6.45) is 8.91. The lowest BCUT2D eigenvalue weighted by Crippen LogP contribution is -2.49. The van der Waals surface area contributed by atoms with E-state index in [-0.39, 0.29) is 0 Å². The summed E-state index contributed by atoms with van der Waals surface area (Å²) in [6.45, 7) is 7.21. The van der Waals surface area contributed by atoms with E-state index in [9.17, 15) is 0 Å². The van der Waals surface area contributed by atoms with Crippen LogP contribution in [-0.4, -0.2) is 74.2 Å². The predicted octanol–water partition coefficient (Wildman–Crippen LogP) is 1.33. The molecule has 111 valence electrons. The summed E-state index contributed by atoms with van der Waals surface area (Å²) in [5, 5.41) is 0. The number of piperazine rings is 1. The molecule has 0 amide bonds. The summed E-state index contributed by atoms with van der Waals surface area (Å²) in [6, 6.07) is 0.731. The Bertz CT molecular complexity index is 397. The summed E-state index contributed by atoms with van der Waals surface area (Å²) in [5.41, 5.74) is 1.35. The van der Waals surface area contributed by atoms with Gasteiger partial charge in [-0.15, -0.1) is 0 Å². The summed E-state index contributed by atoms with van der Waals surface area (Å²) >= 11 is 0. The molecule has 2 heterocycles. The van der Waals surface area contributed by atoms with E-state index in [1.165, 1.54) is 51.4 Å². The maximum Gasteiger partial charge on any atom is 0.102 e. The first kappa shape index (κ1) is 14.0. The standard InChI is InChI=1S/C16H26N3O/c1-17-8-10-18(11-9-17)15-6-7-19(13-15)14-4-3-5-16(12-14)20-2/h4-5,12,15H,3,6-11,13H2,1-2H3. The molecule has 1 atom stereocenters. The van der Waals surface area contributed by atoms with Gasteiger partial charge in [-0.25, -0.2) is 0 Å². The van der Waals surface area contributed by atoms with Gasteiger partial charge in [0.15, 0.2) is 0 Å². The number of methoxy groups -OCH3 is 1. The number of allylic oxidation sites excluding steroid dienone is 3. The van der Waals surface area contributed by atoms with E-state index in [1.54, 1.807) is 7.11 Å². The Hall–Kier alpha value is -1.00. The maximum absolute atomic E-state index is 5.36. The molecular weight excluding hydrogens is 250 g/mol. The van der Waals surface area contributed by atoms with Crippen LogP contribution in [0.1, 0.15) is 12.8 Å². The molecule has 0 aromatic carbocycles. The molecule has 1 unspecified atom stereocenters. The molecule has 0 aromatic rings. The van der Waals surface area contributed by atoms with Crippen molar-refractivity contribution in [3.63, 3.8) is 0 Å². The highest BCUT2D eigenvalue weighted by Crippen LogP contribution is 2.25. The Morgan fingerprint density at radius 3 is 2.70 bits per heavy atom. The Balaban J connectivity index is 1.57. The number of likely N-dealkylation sites (N-methyl/N-ethyl adjacent to an activating group) is 1. The van der Waals surface area contributed by atoms with Crippen molar-refractivity contribution in [1.29, 1.82) is 0 Å². The van der Waals surface area contributed by atoms with E-state index in [0.717, 1.165) is 18.2 Å². The summed E-state index contributed by atoms with van der Waals surface area (Å²) in [4.78, 5) is 7.63. The second-order valence-electron chi connectivity index (χ2n) is 6.05. The Morgan fingerprint density at radius 2 is 1.95 bits per heavy atom. The van der Waals surface area contributed by atoms with Gasteiger partial charge < -0.3 is 14.5 Å². The van der Waals surface area contributed by atoms with Gasteiger partial charge >= 0.3 is 0 Å². The van der Waals surface area contributed by atoms with Gasteiger partial charge in [0.2, 0.25) is 0 Å².